The monoisotopic (exact) mass is 330 g/mol. The molecule has 3 heterocycles. The van der Waals surface area contributed by atoms with Gasteiger partial charge in [0.2, 0.25) is 0 Å². The van der Waals surface area contributed by atoms with Gasteiger partial charge in [-0.2, -0.15) is 0 Å². The molecule has 4 heteroatoms. The number of carbonyl (C=O) groups is 1. The van der Waals surface area contributed by atoms with Gasteiger partial charge in [0, 0.05) is 43.9 Å². The van der Waals surface area contributed by atoms with Crippen molar-refractivity contribution in [3.05, 3.63) is 46.5 Å². The molecule has 3 nitrogen and oxygen atoms in total. The Morgan fingerprint density at radius 3 is 2.74 bits per heavy atom. The molecule has 23 heavy (non-hydrogen) atoms. The maximum atomic E-state index is 12.7. The molecule has 0 radical (unpaired) electrons. The molecule has 1 aromatic carbocycles. The number of fused-ring (bicyclic) bond motifs is 4. The highest BCUT2D eigenvalue weighted by molar-refractivity contribution is 8.02. The average Bonchev–Trinajstić information content (AvgIpc) is 2.93. The molecule has 3 saturated heterocycles. The number of piperidine rings is 1. The van der Waals surface area contributed by atoms with Crippen LogP contribution in [0.2, 0.25) is 0 Å². The summed E-state index contributed by atoms with van der Waals surface area (Å²) in [5.74, 6) is 0.128. The number of allylic oxidation sites excluding steroid dienone is 1. The molecule has 0 atom stereocenters. The Kier molecular flexibility index (Phi) is 5.44. The standard InChI is InChI=1S/C19H26N2OS/c1-3-15-5-4-6-16(13-15)18(22)14-19(23-2)21-12-11-20-9-7-17(21)8-10-20/h4-6,13-14,17H,3,7-12H2,1-2H3. The zero-order valence-electron chi connectivity index (χ0n) is 14.1. The number of thioether (sulfide) groups is 1. The van der Waals surface area contributed by atoms with E-state index in [1.165, 1.54) is 31.5 Å². The molecule has 0 aliphatic carbocycles. The third-order valence-electron chi connectivity index (χ3n) is 5.02. The largest absolute Gasteiger partial charge is 0.362 e. The number of hydrogen-bond acceptors (Lipinski definition) is 4. The Labute approximate surface area is 143 Å². The van der Waals surface area contributed by atoms with Gasteiger partial charge in [-0.05, 0) is 37.1 Å². The predicted octanol–water partition coefficient (Wildman–Crippen LogP) is 3.42. The molecule has 1 aromatic rings. The second-order valence-corrected chi connectivity index (χ2v) is 7.20. The lowest BCUT2D eigenvalue weighted by atomic mass is 10.0. The van der Waals surface area contributed by atoms with Crippen LogP contribution in [-0.2, 0) is 6.42 Å². The number of hydrogen-bond donors (Lipinski definition) is 0. The third-order valence-corrected chi connectivity index (χ3v) is 5.79. The Morgan fingerprint density at radius 1 is 1.26 bits per heavy atom. The van der Waals surface area contributed by atoms with Gasteiger partial charge in [0.05, 0.1) is 5.03 Å². The minimum Gasteiger partial charge on any atom is -0.362 e. The topological polar surface area (TPSA) is 23.6 Å². The van der Waals surface area contributed by atoms with E-state index < -0.39 is 0 Å². The van der Waals surface area contributed by atoms with Crippen LogP contribution in [0.25, 0.3) is 0 Å². The first-order valence-corrected chi connectivity index (χ1v) is 9.81. The zero-order valence-corrected chi connectivity index (χ0v) is 14.9. The smallest absolute Gasteiger partial charge is 0.188 e. The molecular weight excluding hydrogens is 304 g/mol. The summed E-state index contributed by atoms with van der Waals surface area (Å²) in [7, 11) is 0. The van der Waals surface area contributed by atoms with Crippen LogP contribution in [0.5, 0.6) is 0 Å². The maximum absolute atomic E-state index is 12.7. The second kappa shape index (κ2) is 7.54. The molecule has 3 aliphatic heterocycles. The van der Waals surface area contributed by atoms with Crippen molar-refractivity contribution in [3.8, 4) is 0 Å². The predicted molar refractivity (Wildman–Crippen MR) is 97.9 cm³/mol. The van der Waals surface area contributed by atoms with Crippen LogP contribution in [0, 0.1) is 0 Å². The highest BCUT2D eigenvalue weighted by Crippen LogP contribution is 2.29. The van der Waals surface area contributed by atoms with E-state index in [1.807, 2.05) is 24.3 Å². The average molecular weight is 330 g/mol. The van der Waals surface area contributed by atoms with Crippen LogP contribution in [-0.4, -0.2) is 54.1 Å². The van der Waals surface area contributed by atoms with Crippen LogP contribution >= 0.6 is 11.8 Å². The van der Waals surface area contributed by atoms with Crippen LogP contribution in [0.4, 0.5) is 0 Å². The fraction of sp³-hybridized carbons (Fsp3) is 0.526. The van der Waals surface area contributed by atoms with Crippen molar-refractivity contribution in [1.82, 2.24) is 9.80 Å². The van der Waals surface area contributed by atoms with Gasteiger partial charge in [0.25, 0.3) is 0 Å². The molecule has 3 aliphatic rings. The van der Waals surface area contributed by atoms with Crippen molar-refractivity contribution in [2.24, 2.45) is 0 Å². The van der Waals surface area contributed by atoms with Crippen LogP contribution in [0.15, 0.2) is 35.4 Å². The first kappa shape index (κ1) is 16.6. The summed E-state index contributed by atoms with van der Waals surface area (Å²) < 4.78 is 0. The number of rotatable bonds is 5. The van der Waals surface area contributed by atoms with E-state index in [0.29, 0.717) is 6.04 Å². The van der Waals surface area contributed by atoms with Crippen LogP contribution in [0.3, 0.4) is 0 Å². The van der Waals surface area contributed by atoms with E-state index in [9.17, 15) is 4.79 Å². The first-order valence-electron chi connectivity index (χ1n) is 8.59. The van der Waals surface area contributed by atoms with Crippen LogP contribution in [0.1, 0.15) is 35.7 Å². The van der Waals surface area contributed by atoms with E-state index in [0.717, 1.165) is 30.1 Å². The summed E-state index contributed by atoms with van der Waals surface area (Å²) in [5.41, 5.74) is 2.02. The molecule has 4 rings (SSSR count). The SMILES string of the molecule is CCc1cccc(C(=O)C=C(SC)N2CCN3CCC2CC3)c1. The minimum atomic E-state index is 0.128. The molecule has 0 spiro atoms. The van der Waals surface area contributed by atoms with Crippen molar-refractivity contribution in [3.63, 3.8) is 0 Å². The van der Waals surface area contributed by atoms with Gasteiger partial charge in [0.15, 0.2) is 5.78 Å². The molecule has 0 aromatic heterocycles. The Hall–Kier alpha value is -1.26. The zero-order chi connectivity index (χ0) is 16.2. The van der Waals surface area contributed by atoms with Gasteiger partial charge in [0.1, 0.15) is 0 Å². The van der Waals surface area contributed by atoms with Crippen molar-refractivity contribution >= 4 is 17.5 Å². The number of aryl methyl sites for hydroxylation is 1. The Bertz CT molecular complexity index is 591. The molecule has 0 amide bonds. The summed E-state index contributed by atoms with van der Waals surface area (Å²) in [4.78, 5) is 17.7. The fourth-order valence-corrected chi connectivity index (χ4v) is 4.28. The molecule has 0 saturated carbocycles. The van der Waals surface area contributed by atoms with Crippen molar-refractivity contribution in [2.75, 3.05) is 32.4 Å². The number of nitrogens with zero attached hydrogens (tertiary/aromatic N) is 2. The summed E-state index contributed by atoms with van der Waals surface area (Å²) in [6.45, 7) is 6.69. The van der Waals surface area contributed by atoms with Gasteiger partial charge in [-0.15, -0.1) is 11.8 Å². The number of carbonyl (C=O) groups excluding carboxylic acids is 1. The van der Waals surface area contributed by atoms with E-state index in [-0.39, 0.29) is 5.78 Å². The highest BCUT2D eigenvalue weighted by Gasteiger charge is 2.30. The van der Waals surface area contributed by atoms with E-state index in [4.69, 9.17) is 0 Å². The Morgan fingerprint density at radius 2 is 2.04 bits per heavy atom. The van der Waals surface area contributed by atoms with Crippen molar-refractivity contribution in [1.29, 1.82) is 0 Å². The third kappa shape index (κ3) is 3.81. The molecule has 124 valence electrons. The normalized spacial score (nSPS) is 24.6. The Balaban J connectivity index is 1.81. The molecular formula is C19H26N2OS. The quantitative estimate of drug-likeness (QED) is 0.610. The second-order valence-electron chi connectivity index (χ2n) is 6.37. The molecule has 2 bridgehead atoms. The molecule has 0 N–H and O–H groups in total. The maximum Gasteiger partial charge on any atom is 0.188 e. The summed E-state index contributed by atoms with van der Waals surface area (Å²) in [6.07, 6.45) is 7.34. The van der Waals surface area contributed by atoms with Crippen LogP contribution < -0.4 is 0 Å². The van der Waals surface area contributed by atoms with Gasteiger partial charge in [-0.1, -0.05) is 25.1 Å². The minimum absolute atomic E-state index is 0.128. The summed E-state index contributed by atoms with van der Waals surface area (Å²) in [5, 5.41) is 1.13. The lowest BCUT2D eigenvalue weighted by Crippen LogP contribution is -2.37. The van der Waals surface area contributed by atoms with Gasteiger partial charge in [-0.25, -0.2) is 0 Å². The number of ketones is 1. The van der Waals surface area contributed by atoms with Crippen molar-refractivity contribution < 1.29 is 4.79 Å². The van der Waals surface area contributed by atoms with E-state index in [2.05, 4.69) is 29.0 Å². The number of benzene rings is 1. The van der Waals surface area contributed by atoms with Gasteiger partial charge in [-0.3, -0.25) is 4.79 Å². The van der Waals surface area contributed by atoms with Gasteiger partial charge < -0.3 is 9.80 Å². The fourth-order valence-electron chi connectivity index (χ4n) is 3.58. The highest BCUT2D eigenvalue weighted by atomic mass is 32.2. The van der Waals surface area contributed by atoms with E-state index in [1.54, 1.807) is 11.8 Å². The van der Waals surface area contributed by atoms with Crippen molar-refractivity contribution in [2.45, 2.75) is 32.2 Å². The lowest BCUT2D eigenvalue weighted by molar-refractivity contribution is 0.104. The summed E-state index contributed by atoms with van der Waals surface area (Å²) >= 11 is 1.70. The summed E-state index contributed by atoms with van der Waals surface area (Å²) in [6, 6.07) is 8.62. The molecule has 0 unspecified atom stereocenters. The molecule has 3 fully saturated rings. The lowest BCUT2D eigenvalue weighted by Gasteiger charge is -2.33. The first-order chi connectivity index (χ1) is 11.2. The van der Waals surface area contributed by atoms with Gasteiger partial charge >= 0.3 is 0 Å². The van der Waals surface area contributed by atoms with E-state index >= 15 is 0 Å².